The number of benzene rings is 1. The van der Waals surface area contributed by atoms with Crippen LogP contribution < -0.4 is 9.64 Å². The fraction of sp³-hybridized carbons (Fsp3) is 0.522. The number of amides is 1. The van der Waals surface area contributed by atoms with Crippen LogP contribution in [-0.2, 0) is 14.9 Å². The molecule has 7 nitrogen and oxygen atoms in total. The molecule has 2 aliphatic heterocycles. The lowest BCUT2D eigenvalue weighted by atomic mass is 9.72. The number of nitrogens with zero attached hydrogens (tertiary/aromatic N) is 4. The maximum atomic E-state index is 13.8. The van der Waals surface area contributed by atoms with Crippen LogP contribution in [0.1, 0.15) is 31.2 Å². The highest BCUT2D eigenvalue weighted by atomic mass is 16.5. The van der Waals surface area contributed by atoms with E-state index in [1.54, 1.807) is 0 Å². The van der Waals surface area contributed by atoms with Crippen molar-refractivity contribution in [2.24, 2.45) is 0 Å². The van der Waals surface area contributed by atoms with Crippen LogP contribution in [0.4, 0.5) is 5.82 Å². The number of carbonyl (C=O) groups excluding carboxylic acids is 1. The van der Waals surface area contributed by atoms with Gasteiger partial charge in [0.25, 0.3) is 0 Å². The van der Waals surface area contributed by atoms with Gasteiger partial charge < -0.3 is 19.3 Å². The lowest BCUT2D eigenvalue weighted by molar-refractivity contribution is -0.144. The average Bonchev–Trinajstić information content (AvgIpc) is 2.80. The van der Waals surface area contributed by atoms with Gasteiger partial charge in [0.1, 0.15) is 6.10 Å². The normalized spacial score (nSPS) is 21.1. The van der Waals surface area contributed by atoms with Crippen molar-refractivity contribution in [1.82, 2.24) is 15.1 Å². The summed E-state index contributed by atoms with van der Waals surface area (Å²) in [4.78, 5) is 17.7. The van der Waals surface area contributed by atoms with E-state index in [1.165, 1.54) is 0 Å². The topological polar surface area (TPSA) is 67.8 Å². The SMILES string of the molecule is CN(C)c1ccc(OC2CCCN(C(=O)C3(c4ccccc4)CCOCC3)C2)nn1. The summed E-state index contributed by atoms with van der Waals surface area (Å²) in [6.07, 6.45) is 3.18. The standard InChI is InChI=1S/C23H30N4O3/c1-26(2)20-10-11-21(25-24-20)30-19-9-6-14-27(17-19)22(28)23(12-15-29-16-13-23)18-7-4-3-5-8-18/h3-5,7-8,10-11,19H,6,9,12-17H2,1-2H3. The highest BCUT2D eigenvalue weighted by Gasteiger charge is 2.45. The van der Waals surface area contributed by atoms with Crippen LogP contribution in [0, 0.1) is 0 Å². The van der Waals surface area contributed by atoms with E-state index in [4.69, 9.17) is 9.47 Å². The van der Waals surface area contributed by atoms with Crippen molar-refractivity contribution >= 4 is 11.7 Å². The van der Waals surface area contributed by atoms with Crippen LogP contribution in [0.3, 0.4) is 0 Å². The van der Waals surface area contributed by atoms with Gasteiger partial charge >= 0.3 is 0 Å². The monoisotopic (exact) mass is 410 g/mol. The number of hydrogen-bond donors (Lipinski definition) is 0. The molecule has 0 bridgehead atoms. The molecule has 7 heteroatoms. The number of hydrogen-bond acceptors (Lipinski definition) is 6. The molecule has 30 heavy (non-hydrogen) atoms. The molecule has 160 valence electrons. The first kappa shape index (κ1) is 20.6. The van der Waals surface area contributed by atoms with Crippen molar-refractivity contribution in [2.75, 3.05) is 45.3 Å². The zero-order chi connectivity index (χ0) is 21.0. The largest absolute Gasteiger partial charge is 0.471 e. The zero-order valence-corrected chi connectivity index (χ0v) is 17.8. The van der Waals surface area contributed by atoms with Crippen LogP contribution in [0.5, 0.6) is 5.88 Å². The maximum Gasteiger partial charge on any atom is 0.233 e. The van der Waals surface area contributed by atoms with Crippen LogP contribution in [0.25, 0.3) is 0 Å². The Bertz CT molecular complexity index is 835. The van der Waals surface area contributed by atoms with Crippen molar-refractivity contribution in [1.29, 1.82) is 0 Å². The van der Waals surface area contributed by atoms with E-state index in [2.05, 4.69) is 22.3 Å². The smallest absolute Gasteiger partial charge is 0.233 e. The second-order valence-corrected chi connectivity index (χ2v) is 8.32. The minimum absolute atomic E-state index is 0.0742. The second kappa shape index (κ2) is 9.00. The predicted molar refractivity (Wildman–Crippen MR) is 115 cm³/mol. The maximum absolute atomic E-state index is 13.8. The van der Waals surface area contributed by atoms with Gasteiger partial charge in [-0.05, 0) is 37.3 Å². The minimum Gasteiger partial charge on any atom is -0.471 e. The lowest BCUT2D eigenvalue weighted by Crippen LogP contribution is -2.54. The molecular formula is C23H30N4O3. The summed E-state index contributed by atoms with van der Waals surface area (Å²) in [7, 11) is 3.85. The molecule has 1 unspecified atom stereocenters. The van der Waals surface area contributed by atoms with Crippen molar-refractivity contribution in [3.8, 4) is 5.88 Å². The third-order valence-electron chi connectivity index (χ3n) is 6.12. The van der Waals surface area contributed by atoms with Gasteiger partial charge in [0.05, 0.1) is 12.0 Å². The third kappa shape index (κ3) is 4.26. The van der Waals surface area contributed by atoms with Crippen LogP contribution in [-0.4, -0.2) is 67.5 Å². The molecular weight excluding hydrogens is 380 g/mol. The van der Waals surface area contributed by atoms with E-state index >= 15 is 0 Å². The summed E-state index contributed by atoms with van der Waals surface area (Å²) in [5.74, 6) is 1.48. The molecule has 3 heterocycles. The Morgan fingerprint density at radius 2 is 1.90 bits per heavy atom. The molecule has 1 aromatic carbocycles. The van der Waals surface area contributed by atoms with Gasteiger partial charge in [0.15, 0.2) is 5.82 Å². The molecule has 0 radical (unpaired) electrons. The highest BCUT2D eigenvalue weighted by Crippen LogP contribution is 2.37. The number of ether oxygens (including phenoxy) is 2. The van der Waals surface area contributed by atoms with E-state index < -0.39 is 5.41 Å². The van der Waals surface area contributed by atoms with Crippen LogP contribution in [0.2, 0.25) is 0 Å². The quantitative estimate of drug-likeness (QED) is 0.755. The van der Waals surface area contributed by atoms with Crippen molar-refractivity contribution in [2.45, 2.75) is 37.2 Å². The molecule has 0 saturated carbocycles. The van der Waals surface area contributed by atoms with Gasteiger partial charge in [0.2, 0.25) is 11.8 Å². The number of rotatable bonds is 5. The summed E-state index contributed by atoms with van der Waals surface area (Å²) < 4.78 is 11.7. The Kier molecular flexibility index (Phi) is 6.18. The summed E-state index contributed by atoms with van der Waals surface area (Å²) >= 11 is 0. The number of aromatic nitrogens is 2. The van der Waals surface area contributed by atoms with Crippen LogP contribution in [0.15, 0.2) is 42.5 Å². The predicted octanol–water partition coefficient (Wildman–Crippen LogP) is 2.66. The Labute approximate surface area is 178 Å². The first-order valence-electron chi connectivity index (χ1n) is 10.7. The Balaban J connectivity index is 1.48. The fourth-order valence-corrected chi connectivity index (χ4v) is 4.41. The molecule has 0 aliphatic carbocycles. The fourth-order valence-electron chi connectivity index (χ4n) is 4.41. The molecule has 1 atom stereocenters. The van der Waals surface area contributed by atoms with Gasteiger partial charge in [-0.3, -0.25) is 4.79 Å². The average molecular weight is 411 g/mol. The van der Waals surface area contributed by atoms with E-state index in [-0.39, 0.29) is 12.0 Å². The van der Waals surface area contributed by atoms with E-state index in [0.717, 1.165) is 43.6 Å². The molecule has 2 aromatic rings. The molecule has 2 fully saturated rings. The van der Waals surface area contributed by atoms with Gasteiger partial charge in [-0.25, -0.2) is 0 Å². The number of piperidine rings is 1. The summed E-state index contributed by atoms with van der Waals surface area (Å²) in [6, 6.07) is 13.9. The highest BCUT2D eigenvalue weighted by molar-refractivity contribution is 5.88. The number of likely N-dealkylation sites (tertiary alicyclic amines) is 1. The van der Waals surface area contributed by atoms with E-state index in [0.29, 0.717) is 25.6 Å². The Hall–Kier alpha value is -2.67. The Morgan fingerprint density at radius 3 is 2.57 bits per heavy atom. The number of carbonyl (C=O) groups is 1. The van der Waals surface area contributed by atoms with Gasteiger partial charge in [-0.2, -0.15) is 0 Å². The molecule has 2 aliphatic rings. The molecule has 1 amide bonds. The molecule has 0 N–H and O–H groups in total. The molecule has 1 aromatic heterocycles. The molecule has 4 rings (SSSR count). The number of anilines is 1. The van der Waals surface area contributed by atoms with Crippen molar-refractivity contribution < 1.29 is 14.3 Å². The lowest BCUT2D eigenvalue weighted by Gasteiger charge is -2.42. The summed E-state index contributed by atoms with van der Waals surface area (Å²) in [5.41, 5.74) is 0.584. The van der Waals surface area contributed by atoms with Crippen molar-refractivity contribution in [3.05, 3.63) is 48.0 Å². The first-order valence-corrected chi connectivity index (χ1v) is 10.7. The first-order chi connectivity index (χ1) is 14.6. The zero-order valence-electron chi connectivity index (χ0n) is 17.8. The molecule has 2 saturated heterocycles. The third-order valence-corrected chi connectivity index (χ3v) is 6.12. The summed E-state index contributed by atoms with van der Waals surface area (Å²) in [6.45, 7) is 2.56. The van der Waals surface area contributed by atoms with Crippen molar-refractivity contribution in [3.63, 3.8) is 0 Å². The summed E-state index contributed by atoms with van der Waals surface area (Å²) in [5, 5.41) is 8.36. The second-order valence-electron chi connectivity index (χ2n) is 8.32. The van der Waals surface area contributed by atoms with E-state index in [1.807, 2.05) is 54.2 Å². The van der Waals surface area contributed by atoms with Crippen LogP contribution >= 0.6 is 0 Å². The Morgan fingerprint density at radius 1 is 1.13 bits per heavy atom. The minimum atomic E-state index is -0.505. The molecule has 0 spiro atoms. The van der Waals surface area contributed by atoms with Gasteiger partial charge in [-0.15, -0.1) is 10.2 Å². The van der Waals surface area contributed by atoms with E-state index in [9.17, 15) is 4.79 Å². The van der Waals surface area contributed by atoms with Gasteiger partial charge in [0, 0.05) is 39.9 Å². The van der Waals surface area contributed by atoms with Gasteiger partial charge in [-0.1, -0.05) is 30.3 Å².